The van der Waals surface area contributed by atoms with E-state index in [4.69, 9.17) is 10.5 Å². The summed E-state index contributed by atoms with van der Waals surface area (Å²) in [5.41, 5.74) is 10.4. The zero-order valence-corrected chi connectivity index (χ0v) is 18.1. The van der Waals surface area contributed by atoms with Gasteiger partial charge in [-0.25, -0.2) is 8.42 Å². The Labute approximate surface area is 179 Å². The number of benzene rings is 1. The van der Waals surface area contributed by atoms with E-state index in [1.807, 2.05) is 0 Å². The lowest BCUT2D eigenvalue weighted by molar-refractivity contribution is -0.128. The van der Waals surface area contributed by atoms with Crippen LogP contribution in [-0.4, -0.2) is 68.3 Å². The maximum Gasteiger partial charge on any atom is 0.243 e. The van der Waals surface area contributed by atoms with Crippen LogP contribution in [0.4, 0.5) is 0 Å². The fourth-order valence-electron chi connectivity index (χ4n) is 2.62. The summed E-state index contributed by atoms with van der Waals surface area (Å²) in [5, 5.41) is 0. The Balaban J connectivity index is 1.72. The number of nitrogens with zero attached hydrogens (tertiary/aromatic N) is 1. The molecule has 1 aliphatic rings. The van der Waals surface area contributed by atoms with Gasteiger partial charge in [0.15, 0.2) is 0 Å². The van der Waals surface area contributed by atoms with Crippen molar-refractivity contribution in [3.05, 3.63) is 29.8 Å². The Bertz CT molecular complexity index is 839. The van der Waals surface area contributed by atoms with Crippen molar-refractivity contribution in [1.29, 1.82) is 0 Å². The Hall–Kier alpha value is -2.15. The van der Waals surface area contributed by atoms with E-state index in [-0.39, 0.29) is 35.3 Å². The lowest BCUT2D eigenvalue weighted by Gasteiger charge is -2.26. The van der Waals surface area contributed by atoms with Gasteiger partial charge in [-0.2, -0.15) is 16.1 Å². The normalized spacial score (nSPS) is 14.8. The molecule has 0 unspecified atom stereocenters. The van der Waals surface area contributed by atoms with E-state index < -0.39 is 15.9 Å². The van der Waals surface area contributed by atoms with Gasteiger partial charge < -0.3 is 10.5 Å². The fourth-order valence-corrected chi connectivity index (χ4v) is 4.71. The standard InChI is InChI=1S/C18H26N4O6S2/c19-16(23)13-29-12-7-18(25)21-20-17(24)6-3-14-1-4-15(5-2-14)30(26,27)22-8-10-28-11-9-22/h1-2,4-5H,3,6-13H2,(H2,19,23)(H,20,24)(H,21,25). The minimum Gasteiger partial charge on any atom is -0.379 e. The van der Waals surface area contributed by atoms with E-state index in [1.54, 1.807) is 12.1 Å². The predicted molar refractivity (Wildman–Crippen MR) is 112 cm³/mol. The minimum atomic E-state index is -3.54. The van der Waals surface area contributed by atoms with Crippen LogP contribution in [0.3, 0.4) is 0 Å². The van der Waals surface area contributed by atoms with Gasteiger partial charge in [0.25, 0.3) is 0 Å². The van der Waals surface area contributed by atoms with E-state index in [9.17, 15) is 22.8 Å². The molecule has 4 N–H and O–H groups in total. The zero-order valence-electron chi connectivity index (χ0n) is 16.5. The number of sulfonamides is 1. The van der Waals surface area contributed by atoms with Crippen molar-refractivity contribution < 1.29 is 27.5 Å². The number of aryl methyl sites for hydroxylation is 1. The summed E-state index contributed by atoms with van der Waals surface area (Å²) >= 11 is 1.24. The third-order valence-electron chi connectivity index (χ3n) is 4.23. The van der Waals surface area contributed by atoms with E-state index in [0.29, 0.717) is 38.5 Å². The molecule has 0 aliphatic carbocycles. The van der Waals surface area contributed by atoms with Crippen molar-refractivity contribution in [2.45, 2.75) is 24.2 Å². The molecule has 166 valence electrons. The topological polar surface area (TPSA) is 148 Å². The molecule has 30 heavy (non-hydrogen) atoms. The lowest BCUT2D eigenvalue weighted by Crippen LogP contribution is -2.41. The van der Waals surface area contributed by atoms with Crippen LogP contribution in [0.1, 0.15) is 18.4 Å². The number of nitrogens with one attached hydrogen (secondary N) is 2. The van der Waals surface area contributed by atoms with Crippen LogP contribution >= 0.6 is 11.8 Å². The first-order valence-corrected chi connectivity index (χ1v) is 12.0. The number of morpholine rings is 1. The lowest BCUT2D eigenvalue weighted by atomic mass is 10.1. The Kier molecular flexibility index (Phi) is 9.56. The molecule has 12 heteroatoms. The number of hydrazine groups is 1. The van der Waals surface area contributed by atoms with E-state index >= 15 is 0 Å². The van der Waals surface area contributed by atoms with Gasteiger partial charge in [-0.15, -0.1) is 0 Å². The minimum absolute atomic E-state index is 0.131. The second kappa shape index (κ2) is 11.9. The average molecular weight is 459 g/mol. The zero-order chi connectivity index (χ0) is 22.0. The summed E-state index contributed by atoms with van der Waals surface area (Å²) in [6.07, 6.45) is 0.678. The molecule has 1 aromatic carbocycles. The maximum absolute atomic E-state index is 12.6. The van der Waals surface area contributed by atoms with Gasteiger partial charge in [0.2, 0.25) is 27.7 Å². The Morgan fingerprint density at radius 3 is 2.23 bits per heavy atom. The van der Waals surface area contributed by atoms with E-state index in [2.05, 4.69) is 10.9 Å². The van der Waals surface area contributed by atoms with Gasteiger partial charge in [-0.05, 0) is 24.1 Å². The molecular weight excluding hydrogens is 432 g/mol. The van der Waals surface area contributed by atoms with Gasteiger partial charge in [-0.1, -0.05) is 12.1 Å². The summed E-state index contributed by atoms with van der Waals surface area (Å²) in [6, 6.07) is 6.41. The number of primary amides is 1. The highest BCUT2D eigenvalue weighted by atomic mass is 32.2. The van der Waals surface area contributed by atoms with E-state index in [0.717, 1.165) is 5.56 Å². The number of hydrogen-bond donors (Lipinski definition) is 3. The van der Waals surface area contributed by atoms with Gasteiger partial charge >= 0.3 is 0 Å². The fraction of sp³-hybridized carbons (Fsp3) is 0.500. The molecule has 0 bridgehead atoms. The molecule has 1 aromatic rings. The average Bonchev–Trinajstić information content (AvgIpc) is 2.74. The molecule has 3 amide bonds. The predicted octanol–water partition coefficient (Wildman–Crippen LogP) is -0.604. The Morgan fingerprint density at radius 1 is 1.03 bits per heavy atom. The largest absolute Gasteiger partial charge is 0.379 e. The number of ether oxygens (including phenoxy) is 1. The molecule has 1 heterocycles. The number of carbonyl (C=O) groups is 3. The summed E-state index contributed by atoms with van der Waals surface area (Å²) < 4.78 is 31.7. The molecule has 1 aliphatic heterocycles. The highest BCUT2D eigenvalue weighted by Crippen LogP contribution is 2.18. The summed E-state index contributed by atoms with van der Waals surface area (Å²) in [6.45, 7) is 1.43. The van der Waals surface area contributed by atoms with Crippen LogP contribution < -0.4 is 16.6 Å². The second-order valence-electron chi connectivity index (χ2n) is 6.53. The maximum atomic E-state index is 12.6. The van der Waals surface area contributed by atoms with Crippen molar-refractivity contribution in [1.82, 2.24) is 15.2 Å². The van der Waals surface area contributed by atoms with Gasteiger partial charge in [0.05, 0.1) is 23.9 Å². The number of carbonyl (C=O) groups excluding carboxylic acids is 3. The Morgan fingerprint density at radius 2 is 1.63 bits per heavy atom. The number of nitrogens with two attached hydrogens (primary N) is 1. The van der Waals surface area contributed by atoms with Crippen molar-refractivity contribution in [2.75, 3.05) is 37.8 Å². The SMILES string of the molecule is NC(=O)CSCCC(=O)NNC(=O)CCc1ccc(S(=O)(=O)N2CCOCC2)cc1. The number of amides is 3. The monoisotopic (exact) mass is 458 g/mol. The molecule has 0 saturated carbocycles. The van der Waals surface area contributed by atoms with Crippen LogP contribution in [0.5, 0.6) is 0 Å². The van der Waals surface area contributed by atoms with Crippen LogP contribution in [-0.2, 0) is 35.6 Å². The van der Waals surface area contributed by atoms with Crippen molar-refractivity contribution in [3.8, 4) is 0 Å². The number of rotatable bonds is 10. The molecule has 0 spiro atoms. The van der Waals surface area contributed by atoms with Crippen molar-refractivity contribution in [2.24, 2.45) is 5.73 Å². The third kappa shape index (κ3) is 7.94. The number of thioether (sulfide) groups is 1. The molecule has 2 rings (SSSR count). The smallest absolute Gasteiger partial charge is 0.243 e. The number of hydrogen-bond acceptors (Lipinski definition) is 7. The molecule has 1 saturated heterocycles. The van der Waals surface area contributed by atoms with Crippen LogP contribution in [0.2, 0.25) is 0 Å². The van der Waals surface area contributed by atoms with E-state index in [1.165, 1.54) is 28.2 Å². The first-order valence-electron chi connectivity index (χ1n) is 9.39. The van der Waals surface area contributed by atoms with Crippen molar-refractivity contribution in [3.63, 3.8) is 0 Å². The van der Waals surface area contributed by atoms with Crippen LogP contribution in [0.25, 0.3) is 0 Å². The molecule has 10 nitrogen and oxygen atoms in total. The summed E-state index contributed by atoms with van der Waals surface area (Å²) in [5.74, 6) is -0.604. The third-order valence-corrected chi connectivity index (χ3v) is 7.13. The highest BCUT2D eigenvalue weighted by Gasteiger charge is 2.26. The second-order valence-corrected chi connectivity index (χ2v) is 9.57. The quantitative estimate of drug-likeness (QED) is 0.313. The van der Waals surface area contributed by atoms with Crippen molar-refractivity contribution >= 4 is 39.5 Å². The molecular formula is C18H26N4O6S2. The molecule has 1 fully saturated rings. The first-order chi connectivity index (χ1) is 14.3. The van der Waals surface area contributed by atoms with Gasteiger partial charge in [0.1, 0.15) is 0 Å². The van der Waals surface area contributed by atoms with Gasteiger partial charge in [0, 0.05) is 31.7 Å². The van der Waals surface area contributed by atoms with Crippen LogP contribution in [0.15, 0.2) is 29.2 Å². The molecule has 0 atom stereocenters. The molecule has 0 aromatic heterocycles. The first kappa shape index (κ1) is 24.1. The highest BCUT2D eigenvalue weighted by molar-refractivity contribution is 7.99. The van der Waals surface area contributed by atoms with Crippen LogP contribution in [0, 0.1) is 0 Å². The summed E-state index contributed by atoms with van der Waals surface area (Å²) in [4.78, 5) is 34.3. The summed E-state index contributed by atoms with van der Waals surface area (Å²) in [7, 11) is -3.54. The van der Waals surface area contributed by atoms with Gasteiger partial charge in [-0.3, -0.25) is 25.2 Å². The molecule has 0 radical (unpaired) electrons.